The van der Waals surface area contributed by atoms with Crippen LogP contribution in [0.4, 0.5) is 5.69 Å². The molecule has 1 heterocycles. The molecule has 1 aromatic carbocycles. The normalized spacial score (nSPS) is 10.5. The number of anilines is 1. The number of amides is 1. The Hall–Kier alpha value is -2.01. The smallest absolute Gasteiger partial charge is 0.354 e. The molecule has 2 aromatic rings. The Morgan fingerprint density at radius 2 is 2.12 bits per heavy atom. The Morgan fingerprint density at radius 3 is 2.71 bits per heavy atom. The Labute approximate surface area is 101 Å². The summed E-state index contributed by atoms with van der Waals surface area (Å²) in [6, 6.07) is 5.03. The van der Waals surface area contributed by atoms with Crippen molar-refractivity contribution in [3.63, 3.8) is 0 Å². The Bertz CT molecular complexity index is 618. The first-order valence-corrected chi connectivity index (χ1v) is 5.19. The van der Waals surface area contributed by atoms with Crippen molar-refractivity contribution in [2.24, 2.45) is 0 Å². The third-order valence-electron chi connectivity index (χ3n) is 2.29. The number of hydrogen-bond donors (Lipinski definition) is 3. The second-order valence-electron chi connectivity index (χ2n) is 3.52. The molecule has 17 heavy (non-hydrogen) atoms. The quantitative estimate of drug-likeness (QED) is 0.768. The van der Waals surface area contributed by atoms with Crippen LogP contribution in [0.25, 0.3) is 10.9 Å². The third-order valence-corrected chi connectivity index (χ3v) is 2.60. The highest BCUT2D eigenvalue weighted by molar-refractivity contribution is 6.37. The van der Waals surface area contributed by atoms with E-state index in [2.05, 4.69) is 10.3 Å². The maximum Gasteiger partial charge on any atom is 0.354 e. The molecule has 0 aliphatic carbocycles. The second-order valence-corrected chi connectivity index (χ2v) is 3.93. The van der Waals surface area contributed by atoms with Crippen molar-refractivity contribution in [1.29, 1.82) is 0 Å². The van der Waals surface area contributed by atoms with Gasteiger partial charge in [0.1, 0.15) is 5.69 Å². The Kier molecular flexibility index (Phi) is 2.77. The van der Waals surface area contributed by atoms with Crippen LogP contribution in [0.1, 0.15) is 17.4 Å². The van der Waals surface area contributed by atoms with E-state index in [0.29, 0.717) is 15.9 Å². The molecule has 0 saturated carbocycles. The number of carbonyl (C=O) groups is 2. The second kappa shape index (κ2) is 4.10. The van der Waals surface area contributed by atoms with E-state index < -0.39 is 5.97 Å². The van der Waals surface area contributed by atoms with E-state index in [4.69, 9.17) is 16.7 Å². The van der Waals surface area contributed by atoms with Crippen LogP contribution >= 0.6 is 11.6 Å². The number of aromatic carboxylic acids is 1. The Balaban J connectivity index is 2.77. The summed E-state index contributed by atoms with van der Waals surface area (Å²) in [5.74, 6) is -1.51. The number of carboxylic acid groups (broad SMARTS) is 1. The minimum atomic E-state index is -1.15. The minimum absolute atomic E-state index is 0.0803. The largest absolute Gasteiger partial charge is 0.477 e. The highest BCUT2D eigenvalue weighted by atomic mass is 35.5. The molecule has 1 aromatic heterocycles. The van der Waals surface area contributed by atoms with Gasteiger partial charge in [-0.1, -0.05) is 17.7 Å². The van der Waals surface area contributed by atoms with Gasteiger partial charge in [0.2, 0.25) is 5.91 Å². The topological polar surface area (TPSA) is 82.2 Å². The molecular weight excluding hydrogens is 244 g/mol. The van der Waals surface area contributed by atoms with Crippen molar-refractivity contribution in [3.05, 3.63) is 28.9 Å². The molecule has 88 valence electrons. The number of rotatable bonds is 2. The van der Waals surface area contributed by atoms with Crippen LogP contribution in [0.2, 0.25) is 5.02 Å². The molecule has 6 heteroatoms. The average Bonchev–Trinajstić information content (AvgIpc) is 2.57. The first-order valence-electron chi connectivity index (χ1n) is 4.81. The van der Waals surface area contributed by atoms with Gasteiger partial charge in [-0.25, -0.2) is 4.79 Å². The number of hydrogen-bond acceptors (Lipinski definition) is 2. The standard InChI is InChI=1S/C11H9ClN2O3/c1-5(15)13-9-8-6(12)3-2-4-7(8)14-10(9)11(16)17/h2-4,14H,1H3,(H,13,15)(H,16,17). The van der Waals surface area contributed by atoms with E-state index in [9.17, 15) is 9.59 Å². The Morgan fingerprint density at radius 1 is 1.41 bits per heavy atom. The van der Waals surface area contributed by atoms with Crippen LogP contribution in [0, 0.1) is 0 Å². The van der Waals surface area contributed by atoms with Crippen LogP contribution in [0.15, 0.2) is 18.2 Å². The fraction of sp³-hybridized carbons (Fsp3) is 0.0909. The molecule has 5 nitrogen and oxygen atoms in total. The van der Waals surface area contributed by atoms with Gasteiger partial charge in [0.25, 0.3) is 0 Å². The van der Waals surface area contributed by atoms with Gasteiger partial charge in [-0.05, 0) is 12.1 Å². The van der Waals surface area contributed by atoms with Gasteiger partial charge in [-0.3, -0.25) is 4.79 Å². The van der Waals surface area contributed by atoms with Crippen molar-refractivity contribution in [2.75, 3.05) is 5.32 Å². The summed E-state index contributed by atoms with van der Waals surface area (Å²) in [6.07, 6.45) is 0. The van der Waals surface area contributed by atoms with Crippen molar-refractivity contribution in [1.82, 2.24) is 4.98 Å². The predicted molar refractivity (Wildman–Crippen MR) is 64.6 cm³/mol. The maximum atomic E-state index is 11.1. The summed E-state index contributed by atoms with van der Waals surface area (Å²) in [5.41, 5.74) is 0.688. The number of H-pyrrole nitrogens is 1. The molecule has 0 spiro atoms. The van der Waals surface area contributed by atoms with E-state index in [0.717, 1.165) is 0 Å². The van der Waals surface area contributed by atoms with Gasteiger partial charge < -0.3 is 15.4 Å². The van der Waals surface area contributed by atoms with Gasteiger partial charge in [0.15, 0.2) is 0 Å². The highest BCUT2D eigenvalue weighted by Crippen LogP contribution is 2.33. The molecule has 0 radical (unpaired) electrons. The number of carbonyl (C=O) groups excluding carboxylic acids is 1. The summed E-state index contributed by atoms with van der Waals surface area (Å²) < 4.78 is 0. The van der Waals surface area contributed by atoms with E-state index >= 15 is 0 Å². The number of fused-ring (bicyclic) bond motifs is 1. The van der Waals surface area contributed by atoms with Gasteiger partial charge in [-0.2, -0.15) is 0 Å². The first kappa shape index (κ1) is 11.5. The van der Waals surface area contributed by atoms with Crippen LogP contribution in [0.5, 0.6) is 0 Å². The number of benzene rings is 1. The molecule has 1 amide bonds. The number of nitrogens with one attached hydrogen (secondary N) is 2. The molecule has 0 atom stereocenters. The van der Waals surface area contributed by atoms with Crippen molar-refractivity contribution < 1.29 is 14.7 Å². The fourth-order valence-corrected chi connectivity index (χ4v) is 1.94. The van der Waals surface area contributed by atoms with E-state index in [1.807, 2.05) is 0 Å². The maximum absolute atomic E-state index is 11.1. The predicted octanol–water partition coefficient (Wildman–Crippen LogP) is 2.48. The van der Waals surface area contributed by atoms with E-state index in [1.54, 1.807) is 18.2 Å². The van der Waals surface area contributed by atoms with Crippen LogP contribution in [-0.2, 0) is 4.79 Å². The lowest BCUT2D eigenvalue weighted by Crippen LogP contribution is -2.09. The molecule has 3 N–H and O–H groups in total. The van der Waals surface area contributed by atoms with Crippen LogP contribution < -0.4 is 5.32 Å². The van der Waals surface area contributed by atoms with Gasteiger partial charge in [0.05, 0.1) is 10.7 Å². The van der Waals surface area contributed by atoms with Crippen molar-refractivity contribution in [2.45, 2.75) is 6.92 Å². The summed E-state index contributed by atoms with van der Waals surface area (Å²) >= 11 is 6.00. The minimum Gasteiger partial charge on any atom is -0.477 e. The number of aromatic nitrogens is 1. The summed E-state index contributed by atoms with van der Waals surface area (Å²) in [4.78, 5) is 24.8. The number of aromatic amines is 1. The van der Waals surface area contributed by atoms with E-state index in [1.165, 1.54) is 6.92 Å². The molecule has 0 aliphatic rings. The highest BCUT2D eigenvalue weighted by Gasteiger charge is 2.19. The number of carboxylic acids is 1. The first-order chi connectivity index (χ1) is 8.00. The summed E-state index contributed by atoms with van der Waals surface area (Å²) in [7, 11) is 0. The number of halogens is 1. The SMILES string of the molecule is CC(=O)Nc1c(C(=O)O)[nH]c2cccc(Cl)c12. The monoisotopic (exact) mass is 252 g/mol. The lowest BCUT2D eigenvalue weighted by atomic mass is 10.2. The van der Waals surface area contributed by atoms with Crippen LogP contribution in [0.3, 0.4) is 0 Å². The lowest BCUT2D eigenvalue weighted by molar-refractivity contribution is -0.114. The third kappa shape index (κ3) is 1.97. The average molecular weight is 253 g/mol. The zero-order valence-corrected chi connectivity index (χ0v) is 9.63. The van der Waals surface area contributed by atoms with Crippen molar-refractivity contribution in [3.8, 4) is 0 Å². The van der Waals surface area contributed by atoms with Gasteiger partial charge >= 0.3 is 5.97 Å². The molecule has 0 bridgehead atoms. The molecular formula is C11H9ClN2O3. The molecule has 2 rings (SSSR count). The molecule has 0 saturated heterocycles. The summed E-state index contributed by atoms with van der Waals surface area (Å²) in [6.45, 7) is 1.31. The van der Waals surface area contributed by atoms with Crippen molar-refractivity contribution >= 4 is 40.1 Å². The lowest BCUT2D eigenvalue weighted by Gasteiger charge is -2.02. The molecule has 0 unspecified atom stereocenters. The van der Waals surface area contributed by atoms with Gasteiger partial charge in [-0.15, -0.1) is 0 Å². The zero-order chi connectivity index (χ0) is 12.6. The molecule has 0 fully saturated rings. The molecule has 0 aliphatic heterocycles. The van der Waals surface area contributed by atoms with Gasteiger partial charge in [0, 0.05) is 17.8 Å². The summed E-state index contributed by atoms with van der Waals surface area (Å²) in [5, 5.41) is 12.4. The fourth-order valence-electron chi connectivity index (χ4n) is 1.67. The van der Waals surface area contributed by atoms with Crippen LogP contribution in [-0.4, -0.2) is 22.0 Å². The zero-order valence-electron chi connectivity index (χ0n) is 8.87. The van der Waals surface area contributed by atoms with E-state index in [-0.39, 0.29) is 17.3 Å².